The number of nitrogens with one attached hydrogen (secondary N) is 1. The molecule has 9 heteroatoms. The second-order valence-electron chi connectivity index (χ2n) is 8.23. The quantitative estimate of drug-likeness (QED) is 0.364. The van der Waals surface area contributed by atoms with E-state index in [0.717, 1.165) is 11.1 Å². The Hall–Kier alpha value is -4.40. The molecule has 0 saturated carbocycles. The van der Waals surface area contributed by atoms with Crippen LogP contribution in [0.1, 0.15) is 32.9 Å². The fourth-order valence-corrected chi connectivity index (χ4v) is 4.13. The van der Waals surface area contributed by atoms with Gasteiger partial charge in [-0.2, -0.15) is 0 Å². The lowest BCUT2D eigenvalue weighted by Crippen LogP contribution is -2.23. The van der Waals surface area contributed by atoms with Gasteiger partial charge in [0.05, 0.1) is 17.5 Å². The van der Waals surface area contributed by atoms with Gasteiger partial charge in [0.2, 0.25) is 5.88 Å². The molecule has 0 atom stereocenters. The van der Waals surface area contributed by atoms with Crippen molar-refractivity contribution in [3.8, 4) is 11.6 Å². The second-order valence-corrected chi connectivity index (χ2v) is 8.23. The van der Waals surface area contributed by atoms with Crippen molar-refractivity contribution in [1.82, 2.24) is 20.0 Å². The number of halogens is 1. The summed E-state index contributed by atoms with van der Waals surface area (Å²) in [4.78, 5) is 17.8. The highest BCUT2D eigenvalue weighted by Gasteiger charge is 2.24. The zero-order chi connectivity index (χ0) is 24.0. The molecule has 8 nitrogen and oxygen atoms in total. The van der Waals surface area contributed by atoms with Crippen LogP contribution in [-0.2, 0) is 20.0 Å². The lowest BCUT2D eigenvalue weighted by Gasteiger charge is -2.12. The molecule has 0 aliphatic carbocycles. The Labute approximate surface area is 193 Å². The lowest BCUT2D eigenvalue weighted by atomic mass is 9.97. The number of rotatable bonds is 5. The summed E-state index contributed by atoms with van der Waals surface area (Å²) >= 11 is 0. The van der Waals surface area contributed by atoms with Crippen LogP contribution in [-0.4, -0.2) is 30.8 Å². The standard InChI is InChI=1S/C25H21FN4O4/c1-13-7-17(29-34-13)11-28-24(32)20-18-9-15(8-14-3-5-16(26)6-4-14)10-27-22(18)23(31)21-19(20)12-30(2)25(21)33/h3-7,9-10,12,31,33H,8,11H2,1-2H3,(H,28,32). The van der Waals surface area contributed by atoms with Gasteiger partial charge in [-0.3, -0.25) is 9.78 Å². The van der Waals surface area contributed by atoms with E-state index in [1.54, 1.807) is 50.6 Å². The number of carbonyl (C=O) groups excluding carboxylic acids is 1. The van der Waals surface area contributed by atoms with Crippen LogP contribution in [0.4, 0.5) is 4.39 Å². The number of phenolic OH excluding ortho intramolecular Hbond substituents is 1. The third kappa shape index (κ3) is 3.71. The molecule has 1 amide bonds. The average molecular weight is 460 g/mol. The number of fused-ring (bicyclic) bond motifs is 2. The van der Waals surface area contributed by atoms with Crippen LogP contribution in [0, 0.1) is 12.7 Å². The van der Waals surface area contributed by atoms with Crippen LogP contribution in [0.2, 0.25) is 0 Å². The normalized spacial score (nSPS) is 11.4. The third-order valence-electron chi connectivity index (χ3n) is 5.75. The molecule has 0 aliphatic rings. The predicted octanol–water partition coefficient (Wildman–Crippen LogP) is 4.09. The Bertz CT molecular complexity index is 1550. The Kier molecular flexibility index (Phi) is 5.16. The number of carbonyl (C=O) groups is 1. The highest BCUT2D eigenvalue weighted by molar-refractivity contribution is 6.21. The van der Waals surface area contributed by atoms with Crippen LogP contribution in [0.3, 0.4) is 0 Å². The molecular formula is C25H21FN4O4. The maximum absolute atomic E-state index is 13.4. The minimum Gasteiger partial charge on any atom is -0.505 e. The van der Waals surface area contributed by atoms with Crippen molar-refractivity contribution in [2.75, 3.05) is 0 Å². The summed E-state index contributed by atoms with van der Waals surface area (Å²) in [5.41, 5.74) is 2.68. The molecule has 3 N–H and O–H groups in total. The van der Waals surface area contributed by atoms with Crippen molar-refractivity contribution in [2.45, 2.75) is 19.9 Å². The van der Waals surface area contributed by atoms with E-state index in [4.69, 9.17) is 4.52 Å². The first kappa shape index (κ1) is 21.4. The molecule has 0 spiro atoms. The molecule has 172 valence electrons. The number of hydrogen-bond donors (Lipinski definition) is 3. The van der Waals surface area contributed by atoms with E-state index >= 15 is 0 Å². The minimum absolute atomic E-state index is 0.140. The van der Waals surface area contributed by atoms with Gasteiger partial charge in [-0.05, 0) is 42.7 Å². The Morgan fingerprint density at radius 1 is 1.15 bits per heavy atom. The Balaban J connectivity index is 1.63. The molecule has 2 aromatic carbocycles. The van der Waals surface area contributed by atoms with Gasteiger partial charge >= 0.3 is 0 Å². The van der Waals surface area contributed by atoms with Crippen LogP contribution in [0.15, 0.2) is 53.3 Å². The highest BCUT2D eigenvalue weighted by Crippen LogP contribution is 2.42. The first-order chi connectivity index (χ1) is 16.3. The van der Waals surface area contributed by atoms with Gasteiger partial charge in [0.15, 0.2) is 5.75 Å². The summed E-state index contributed by atoms with van der Waals surface area (Å²) in [7, 11) is 1.62. The van der Waals surface area contributed by atoms with Gasteiger partial charge in [-0.15, -0.1) is 0 Å². The Morgan fingerprint density at radius 3 is 2.62 bits per heavy atom. The maximum atomic E-state index is 13.4. The molecule has 5 rings (SSSR count). The van der Waals surface area contributed by atoms with Crippen molar-refractivity contribution >= 4 is 27.6 Å². The van der Waals surface area contributed by atoms with Crippen molar-refractivity contribution in [3.63, 3.8) is 0 Å². The van der Waals surface area contributed by atoms with Gasteiger partial charge in [0, 0.05) is 36.3 Å². The molecule has 0 fully saturated rings. The van der Waals surface area contributed by atoms with Crippen molar-refractivity contribution in [2.24, 2.45) is 7.05 Å². The number of aromatic hydroxyl groups is 2. The summed E-state index contributed by atoms with van der Waals surface area (Å²) in [6.07, 6.45) is 3.64. The van der Waals surface area contributed by atoms with Crippen molar-refractivity contribution in [3.05, 3.63) is 82.8 Å². The zero-order valence-corrected chi connectivity index (χ0v) is 18.5. The Morgan fingerprint density at radius 2 is 1.91 bits per heavy atom. The monoisotopic (exact) mass is 460 g/mol. The van der Waals surface area contributed by atoms with Crippen molar-refractivity contribution in [1.29, 1.82) is 0 Å². The molecule has 5 aromatic rings. The fourth-order valence-electron chi connectivity index (χ4n) is 4.13. The van der Waals surface area contributed by atoms with Crippen LogP contribution in [0.5, 0.6) is 11.6 Å². The summed E-state index contributed by atoms with van der Waals surface area (Å²) in [6, 6.07) is 9.64. The van der Waals surface area contributed by atoms with Gasteiger partial charge in [0.1, 0.15) is 22.8 Å². The van der Waals surface area contributed by atoms with Crippen LogP contribution < -0.4 is 5.32 Å². The average Bonchev–Trinajstić information content (AvgIpc) is 3.36. The fraction of sp³-hybridized carbons (Fsp3) is 0.160. The van der Waals surface area contributed by atoms with E-state index in [-0.39, 0.29) is 40.5 Å². The molecule has 0 unspecified atom stereocenters. The number of aryl methyl sites for hydroxylation is 2. The number of hydrogen-bond acceptors (Lipinski definition) is 6. The number of pyridine rings is 1. The van der Waals surface area contributed by atoms with Gasteiger partial charge < -0.3 is 24.6 Å². The molecule has 34 heavy (non-hydrogen) atoms. The largest absolute Gasteiger partial charge is 0.505 e. The number of phenols is 1. The topological polar surface area (TPSA) is 113 Å². The first-order valence-corrected chi connectivity index (χ1v) is 10.6. The maximum Gasteiger partial charge on any atom is 0.252 e. The van der Waals surface area contributed by atoms with Gasteiger partial charge in [0.25, 0.3) is 5.91 Å². The van der Waals surface area contributed by atoms with Gasteiger partial charge in [-0.25, -0.2) is 4.39 Å². The number of nitrogens with zero attached hydrogens (tertiary/aromatic N) is 3. The summed E-state index contributed by atoms with van der Waals surface area (Å²) in [5, 5.41) is 29.1. The molecule has 3 heterocycles. The molecule has 0 aliphatic heterocycles. The van der Waals surface area contributed by atoms with E-state index in [1.165, 1.54) is 16.7 Å². The van der Waals surface area contributed by atoms with E-state index in [1.807, 2.05) is 0 Å². The SMILES string of the molecule is Cc1cc(CNC(=O)c2c3cc(Cc4ccc(F)cc4)cnc3c(O)c3c(O)n(C)cc23)no1. The number of aromatic nitrogens is 3. The molecule has 0 radical (unpaired) electrons. The molecule has 0 bridgehead atoms. The van der Waals surface area contributed by atoms with E-state index in [0.29, 0.717) is 28.6 Å². The molecular weight excluding hydrogens is 439 g/mol. The first-order valence-electron chi connectivity index (χ1n) is 10.6. The van der Waals surface area contributed by atoms with E-state index < -0.39 is 5.91 Å². The smallest absolute Gasteiger partial charge is 0.252 e. The van der Waals surface area contributed by atoms with E-state index in [9.17, 15) is 19.4 Å². The summed E-state index contributed by atoms with van der Waals surface area (Å²) < 4.78 is 19.8. The second kappa shape index (κ2) is 8.18. The molecule has 0 saturated heterocycles. The predicted molar refractivity (Wildman–Crippen MR) is 123 cm³/mol. The minimum atomic E-state index is -0.415. The van der Waals surface area contributed by atoms with Crippen molar-refractivity contribution < 1.29 is 23.9 Å². The third-order valence-corrected chi connectivity index (χ3v) is 5.75. The molecule has 3 aromatic heterocycles. The lowest BCUT2D eigenvalue weighted by molar-refractivity contribution is 0.0953. The number of amides is 1. The summed E-state index contributed by atoms with van der Waals surface area (Å²) in [5.74, 6) is -0.489. The van der Waals surface area contributed by atoms with E-state index in [2.05, 4.69) is 15.5 Å². The van der Waals surface area contributed by atoms with Gasteiger partial charge in [-0.1, -0.05) is 17.3 Å². The zero-order valence-electron chi connectivity index (χ0n) is 18.5. The van der Waals surface area contributed by atoms with Crippen LogP contribution >= 0.6 is 0 Å². The van der Waals surface area contributed by atoms with Crippen LogP contribution in [0.25, 0.3) is 21.7 Å². The highest BCUT2D eigenvalue weighted by atomic mass is 19.1. The number of benzene rings is 2. The summed E-state index contributed by atoms with van der Waals surface area (Å²) in [6.45, 7) is 1.90.